The largest absolute Gasteiger partial charge is 0.573 e. The lowest BCUT2D eigenvalue weighted by Crippen LogP contribution is -2.59. The van der Waals surface area contributed by atoms with Crippen LogP contribution in [0, 0.1) is 28.6 Å². The molecule has 1 aromatic carbocycles. The molecule has 3 fully saturated rings. The number of benzene rings is 1. The first-order chi connectivity index (χ1) is 15.9. The van der Waals surface area contributed by atoms with E-state index in [1.165, 1.54) is 12.1 Å². The summed E-state index contributed by atoms with van der Waals surface area (Å²) in [5.74, 6) is 1.10. The number of aliphatic hydroxyl groups is 1. The van der Waals surface area contributed by atoms with Gasteiger partial charge in [0, 0.05) is 23.9 Å². The number of amides is 1. The van der Waals surface area contributed by atoms with E-state index in [2.05, 4.69) is 24.7 Å². The fourth-order valence-electron chi connectivity index (χ4n) is 7.72. The van der Waals surface area contributed by atoms with Crippen molar-refractivity contribution >= 4 is 12.0 Å². The van der Waals surface area contributed by atoms with Gasteiger partial charge in [-0.05, 0) is 79.2 Å². The predicted molar refractivity (Wildman–Crippen MR) is 123 cm³/mol. The van der Waals surface area contributed by atoms with Crippen molar-refractivity contribution in [1.82, 2.24) is 4.90 Å². The van der Waals surface area contributed by atoms with Crippen molar-refractivity contribution in [3.05, 3.63) is 47.6 Å². The minimum atomic E-state index is -4.71. The summed E-state index contributed by atoms with van der Waals surface area (Å²) in [4.78, 5) is 14.2. The highest BCUT2D eigenvalue weighted by Crippen LogP contribution is 2.65. The molecule has 1 aromatic rings. The summed E-state index contributed by atoms with van der Waals surface area (Å²) in [6.45, 7) is 4.49. The Kier molecular flexibility index (Phi) is 5.43. The van der Waals surface area contributed by atoms with Gasteiger partial charge in [0.15, 0.2) is 0 Å². The molecule has 7 atom stereocenters. The zero-order valence-corrected chi connectivity index (χ0v) is 19.8. The highest BCUT2D eigenvalue weighted by molar-refractivity contribution is 5.89. The number of ether oxygens (including phenoxy) is 1. The van der Waals surface area contributed by atoms with Crippen LogP contribution in [-0.2, 0) is 4.79 Å². The predicted octanol–water partition coefficient (Wildman–Crippen LogP) is 5.58. The van der Waals surface area contributed by atoms with E-state index in [1.54, 1.807) is 18.2 Å². The number of halogens is 3. The van der Waals surface area contributed by atoms with Crippen LogP contribution in [0.5, 0.6) is 5.75 Å². The average molecular weight is 476 g/mol. The molecule has 0 aromatic heterocycles. The molecular formula is C27H32F3NO3. The number of likely N-dealkylation sites (N-methyl/N-ethyl adjacent to an activating group) is 1. The maximum Gasteiger partial charge on any atom is 0.573 e. The van der Waals surface area contributed by atoms with Crippen LogP contribution >= 0.6 is 0 Å². The lowest BCUT2D eigenvalue weighted by molar-refractivity contribution is -0.274. The van der Waals surface area contributed by atoms with Crippen LogP contribution in [-0.4, -0.2) is 41.5 Å². The number of rotatable bonds is 2. The molecule has 1 aliphatic heterocycles. The number of hydrogen-bond acceptors (Lipinski definition) is 3. The van der Waals surface area contributed by atoms with E-state index in [4.69, 9.17) is 0 Å². The molecule has 3 aliphatic carbocycles. The Balaban J connectivity index is 1.40. The van der Waals surface area contributed by atoms with Gasteiger partial charge in [0.25, 0.3) is 0 Å². The van der Waals surface area contributed by atoms with Gasteiger partial charge in [-0.3, -0.25) is 4.79 Å². The molecule has 0 saturated heterocycles. The van der Waals surface area contributed by atoms with E-state index in [0.29, 0.717) is 17.8 Å². The zero-order chi connectivity index (χ0) is 24.5. The Labute approximate surface area is 198 Å². The van der Waals surface area contributed by atoms with Gasteiger partial charge in [-0.1, -0.05) is 38.1 Å². The molecule has 1 N–H and O–H groups in total. The van der Waals surface area contributed by atoms with Crippen LogP contribution in [0.3, 0.4) is 0 Å². The third-order valence-corrected chi connectivity index (χ3v) is 9.46. The van der Waals surface area contributed by atoms with Gasteiger partial charge in [-0.25, -0.2) is 0 Å². The number of nitrogens with zero attached hydrogens (tertiary/aromatic N) is 1. The first-order valence-corrected chi connectivity index (χ1v) is 12.1. The molecule has 1 heterocycles. The van der Waals surface area contributed by atoms with Crippen LogP contribution in [0.25, 0.3) is 6.08 Å². The summed E-state index contributed by atoms with van der Waals surface area (Å²) in [5.41, 5.74) is 1.44. The number of fused-ring (bicyclic) bond motifs is 5. The highest BCUT2D eigenvalue weighted by atomic mass is 19.4. The molecular weight excluding hydrogens is 443 g/mol. The summed E-state index contributed by atoms with van der Waals surface area (Å²) in [6.07, 6.45) is 5.26. The van der Waals surface area contributed by atoms with Gasteiger partial charge in [0.1, 0.15) is 5.75 Å². The molecule has 7 heteroatoms. The van der Waals surface area contributed by atoms with Crippen LogP contribution in [0.15, 0.2) is 42.0 Å². The minimum absolute atomic E-state index is 0.0569. The Morgan fingerprint density at radius 2 is 1.82 bits per heavy atom. The van der Waals surface area contributed by atoms with Gasteiger partial charge in [0.2, 0.25) is 5.91 Å². The quantitative estimate of drug-likeness (QED) is 0.608. The maximum atomic E-state index is 12.4. The Bertz CT molecular complexity index is 1030. The van der Waals surface area contributed by atoms with Crippen molar-refractivity contribution in [2.45, 2.75) is 64.5 Å². The van der Waals surface area contributed by atoms with E-state index in [1.807, 2.05) is 18.0 Å². The molecule has 1 amide bonds. The summed E-state index contributed by atoms with van der Waals surface area (Å²) in [5, 5.41) is 11.4. The molecule has 0 spiro atoms. The fourth-order valence-corrected chi connectivity index (χ4v) is 7.72. The Morgan fingerprint density at radius 3 is 2.50 bits per heavy atom. The van der Waals surface area contributed by atoms with Crippen LogP contribution in [0.1, 0.15) is 51.5 Å². The third-order valence-electron chi connectivity index (χ3n) is 9.46. The van der Waals surface area contributed by atoms with E-state index < -0.39 is 12.5 Å². The van der Waals surface area contributed by atoms with E-state index in [-0.39, 0.29) is 28.5 Å². The van der Waals surface area contributed by atoms with Crippen molar-refractivity contribution in [3.8, 4) is 5.75 Å². The number of aliphatic hydroxyl groups excluding tert-OH is 1. The fraction of sp³-hybridized carbons (Fsp3) is 0.593. The first kappa shape index (κ1) is 23.5. The number of carbonyl (C=O) groups excluding carboxylic acids is 1. The second-order valence-electron chi connectivity index (χ2n) is 11.1. The van der Waals surface area contributed by atoms with Crippen molar-refractivity contribution in [2.75, 3.05) is 7.05 Å². The van der Waals surface area contributed by atoms with Crippen LogP contribution in [0.2, 0.25) is 0 Å². The molecule has 3 saturated carbocycles. The molecule has 5 rings (SSSR count). The second kappa shape index (κ2) is 7.87. The van der Waals surface area contributed by atoms with Gasteiger partial charge >= 0.3 is 6.36 Å². The number of alkyl halides is 3. The summed E-state index contributed by atoms with van der Waals surface area (Å²) in [7, 11) is 1.91. The first-order valence-electron chi connectivity index (χ1n) is 12.1. The van der Waals surface area contributed by atoms with E-state index >= 15 is 0 Å². The molecule has 184 valence electrons. The highest BCUT2D eigenvalue weighted by Gasteiger charge is 2.61. The van der Waals surface area contributed by atoms with Crippen molar-refractivity contribution in [3.63, 3.8) is 0 Å². The topological polar surface area (TPSA) is 49.8 Å². The van der Waals surface area contributed by atoms with Crippen molar-refractivity contribution in [1.29, 1.82) is 0 Å². The van der Waals surface area contributed by atoms with Crippen molar-refractivity contribution < 1.29 is 27.8 Å². The number of carbonyl (C=O) groups is 1. The molecule has 0 radical (unpaired) electrons. The second-order valence-corrected chi connectivity index (χ2v) is 11.1. The SMILES string of the molecule is CN1C(=O)C=C[C@]2(C)[C@H]3CC[C@]4(C)[C@@H](O)C(=Cc5ccc(OC(F)(F)F)cc5)C[C@H]4[C@@H]3CC[C@@H]12. The summed E-state index contributed by atoms with van der Waals surface area (Å²) >= 11 is 0. The van der Waals surface area contributed by atoms with E-state index in [0.717, 1.165) is 43.2 Å². The molecule has 4 nitrogen and oxygen atoms in total. The smallest absolute Gasteiger partial charge is 0.406 e. The monoisotopic (exact) mass is 475 g/mol. The molecule has 0 bridgehead atoms. The maximum absolute atomic E-state index is 12.4. The van der Waals surface area contributed by atoms with E-state index in [9.17, 15) is 23.1 Å². The number of hydrogen-bond donors (Lipinski definition) is 1. The standard InChI is InChI=1S/C27H32F3NO3/c1-25-13-11-23(32)31(3)22(25)9-8-19-20(25)10-12-26(2)21(19)15-17(24(26)33)14-16-4-6-18(7-5-16)34-27(28,29)30/h4-7,11,13-14,19-22,24,33H,8-10,12,15H2,1-3H3/t19-,20+,21+,22-,24+,25-,26+/m1/s1. The van der Waals surface area contributed by atoms with Crippen LogP contribution < -0.4 is 4.74 Å². The van der Waals surface area contributed by atoms with Gasteiger partial charge in [-0.2, -0.15) is 0 Å². The third kappa shape index (κ3) is 3.67. The molecule has 34 heavy (non-hydrogen) atoms. The summed E-state index contributed by atoms with van der Waals surface area (Å²) in [6, 6.07) is 6.02. The molecule has 4 aliphatic rings. The normalized spacial score (nSPS) is 40.7. The van der Waals surface area contributed by atoms with Crippen molar-refractivity contribution in [2.24, 2.45) is 28.6 Å². The minimum Gasteiger partial charge on any atom is -0.406 e. The Hall–Kier alpha value is -2.28. The van der Waals surface area contributed by atoms with Gasteiger partial charge in [-0.15, -0.1) is 13.2 Å². The summed E-state index contributed by atoms with van der Waals surface area (Å²) < 4.78 is 41.3. The van der Waals surface area contributed by atoms with Gasteiger partial charge < -0.3 is 14.7 Å². The van der Waals surface area contributed by atoms with Crippen LogP contribution in [0.4, 0.5) is 13.2 Å². The average Bonchev–Trinajstić information content (AvgIpc) is 3.02. The lowest BCUT2D eigenvalue weighted by Gasteiger charge is -2.59. The van der Waals surface area contributed by atoms with Gasteiger partial charge in [0.05, 0.1) is 6.10 Å². The lowest BCUT2D eigenvalue weighted by atomic mass is 9.48. The zero-order valence-electron chi connectivity index (χ0n) is 19.8. The Morgan fingerprint density at radius 1 is 1.12 bits per heavy atom. The molecule has 0 unspecified atom stereocenters.